The number of nitrogens with one attached hydrogen (secondary N) is 1. The van der Waals surface area contributed by atoms with Crippen molar-refractivity contribution in [3.8, 4) is 5.75 Å². The van der Waals surface area contributed by atoms with E-state index in [4.69, 9.17) is 4.74 Å². The summed E-state index contributed by atoms with van der Waals surface area (Å²) in [4.78, 5) is 41.0. The van der Waals surface area contributed by atoms with Gasteiger partial charge in [-0.25, -0.2) is 4.98 Å². The zero-order valence-electron chi connectivity index (χ0n) is 19.1. The van der Waals surface area contributed by atoms with Crippen LogP contribution in [0.25, 0.3) is 10.9 Å². The molecule has 1 N–H and O–H groups in total. The largest absolute Gasteiger partial charge is 0.476 e. The molecule has 0 saturated carbocycles. The normalized spacial score (nSPS) is 11.1. The van der Waals surface area contributed by atoms with Crippen LogP contribution in [0.3, 0.4) is 0 Å². The van der Waals surface area contributed by atoms with E-state index in [2.05, 4.69) is 31.3 Å². The third kappa shape index (κ3) is 5.47. The maximum atomic E-state index is 13.1. The molecule has 0 saturated heterocycles. The lowest BCUT2D eigenvalue weighted by Gasteiger charge is -2.11. The first-order chi connectivity index (χ1) is 17.4. The van der Waals surface area contributed by atoms with Crippen LogP contribution in [-0.4, -0.2) is 33.3 Å². The predicted molar refractivity (Wildman–Crippen MR) is 140 cm³/mol. The Bertz CT molecular complexity index is 1540. The molecule has 182 valence electrons. The molecule has 0 aliphatic carbocycles. The first kappa shape index (κ1) is 24.7. The van der Waals surface area contributed by atoms with Crippen LogP contribution >= 0.6 is 15.9 Å². The van der Waals surface area contributed by atoms with Crippen LogP contribution in [0.2, 0.25) is 0 Å². The molecule has 4 aromatic rings. The minimum atomic E-state index is -0.611. The fourth-order valence-corrected chi connectivity index (χ4v) is 3.82. The predicted octanol–water partition coefficient (Wildman–Crippen LogP) is 4.53. The van der Waals surface area contributed by atoms with Gasteiger partial charge < -0.3 is 10.1 Å². The Morgan fingerprint density at radius 1 is 1.19 bits per heavy atom. The van der Waals surface area contributed by atoms with Crippen molar-refractivity contribution in [2.75, 3.05) is 11.9 Å². The van der Waals surface area contributed by atoms with Crippen LogP contribution in [0.15, 0.2) is 81.1 Å². The molecule has 0 fully saturated rings. The number of hydrogen-bond acceptors (Lipinski definition) is 7. The molecule has 0 unspecified atom stereocenters. The van der Waals surface area contributed by atoms with E-state index in [9.17, 15) is 19.7 Å². The van der Waals surface area contributed by atoms with Gasteiger partial charge in [-0.1, -0.05) is 47.1 Å². The van der Waals surface area contributed by atoms with Crippen LogP contribution in [0, 0.1) is 10.1 Å². The van der Waals surface area contributed by atoms with Crippen molar-refractivity contribution >= 4 is 50.3 Å². The lowest BCUT2D eigenvalue weighted by molar-refractivity contribution is -0.385. The second-order valence-corrected chi connectivity index (χ2v) is 8.48. The van der Waals surface area contributed by atoms with Crippen LogP contribution in [0.4, 0.5) is 11.4 Å². The summed E-state index contributed by atoms with van der Waals surface area (Å²) in [6.07, 6.45) is 1.71. The van der Waals surface area contributed by atoms with Gasteiger partial charge in [0.15, 0.2) is 6.61 Å². The summed E-state index contributed by atoms with van der Waals surface area (Å²) in [5.74, 6) is -0.214. The number of amides is 1. The number of nitro groups is 1. The Hall–Kier alpha value is -4.38. The van der Waals surface area contributed by atoms with E-state index in [-0.39, 0.29) is 22.6 Å². The number of anilines is 1. The quantitative estimate of drug-likeness (QED) is 0.195. The number of carbonyl (C=O) groups is 1. The lowest BCUT2D eigenvalue weighted by Crippen LogP contribution is -2.22. The molecule has 0 atom stereocenters. The maximum Gasteiger partial charge on any atom is 0.311 e. The van der Waals surface area contributed by atoms with Crippen LogP contribution in [0.5, 0.6) is 5.75 Å². The minimum Gasteiger partial charge on any atom is -0.476 e. The molecule has 11 heteroatoms. The van der Waals surface area contributed by atoms with Gasteiger partial charge >= 0.3 is 5.69 Å². The van der Waals surface area contributed by atoms with Gasteiger partial charge in [-0.3, -0.25) is 19.7 Å². The summed E-state index contributed by atoms with van der Waals surface area (Å²) in [7, 11) is 0. The number of rotatable bonds is 8. The summed E-state index contributed by atoms with van der Waals surface area (Å²) in [5.41, 5.74) is 0.604. The van der Waals surface area contributed by atoms with Gasteiger partial charge in [-0.15, -0.1) is 0 Å². The molecule has 0 aliphatic heterocycles. The number of aryl methyl sites for hydroxylation is 1. The zero-order chi connectivity index (χ0) is 25.7. The average molecular weight is 550 g/mol. The van der Waals surface area contributed by atoms with E-state index in [0.29, 0.717) is 28.8 Å². The van der Waals surface area contributed by atoms with E-state index < -0.39 is 17.4 Å². The van der Waals surface area contributed by atoms with Crippen LogP contribution in [0.1, 0.15) is 18.3 Å². The Balaban J connectivity index is 1.68. The topological polar surface area (TPSA) is 129 Å². The van der Waals surface area contributed by atoms with Crippen molar-refractivity contribution in [1.29, 1.82) is 0 Å². The Morgan fingerprint density at radius 3 is 2.69 bits per heavy atom. The third-order valence-electron chi connectivity index (χ3n) is 5.13. The van der Waals surface area contributed by atoms with Gasteiger partial charge in [-0.2, -0.15) is 9.78 Å². The minimum absolute atomic E-state index is 0.142. The highest BCUT2D eigenvalue weighted by molar-refractivity contribution is 9.10. The summed E-state index contributed by atoms with van der Waals surface area (Å²) >= 11 is 3.36. The van der Waals surface area contributed by atoms with Crippen molar-refractivity contribution in [2.45, 2.75) is 13.3 Å². The smallest absolute Gasteiger partial charge is 0.311 e. The Morgan fingerprint density at radius 2 is 1.97 bits per heavy atom. The fourth-order valence-electron chi connectivity index (χ4n) is 3.46. The molecule has 4 rings (SSSR count). The number of benzene rings is 3. The van der Waals surface area contributed by atoms with E-state index >= 15 is 0 Å². The second kappa shape index (κ2) is 10.9. The molecule has 0 aliphatic rings. The fraction of sp³-hybridized carbons (Fsp3) is 0.120. The molecule has 1 amide bonds. The first-order valence-electron chi connectivity index (χ1n) is 10.9. The van der Waals surface area contributed by atoms with E-state index in [0.717, 1.165) is 9.15 Å². The molecule has 0 radical (unpaired) electrons. The van der Waals surface area contributed by atoms with Gasteiger partial charge in [-0.05, 0) is 36.4 Å². The summed E-state index contributed by atoms with van der Waals surface area (Å²) in [5, 5.41) is 18.9. The van der Waals surface area contributed by atoms with Crippen molar-refractivity contribution in [3.63, 3.8) is 0 Å². The van der Waals surface area contributed by atoms with Gasteiger partial charge in [0.1, 0.15) is 5.82 Å². The molecule has 1 heterocycles. The number of carbonyl (C=O) groups excluding carboxylic acids is 1. The number of ether oxygens (including phenoxy) is 1. The number of hydrogen-bond donors (Lipinski definition) is 1. The van der Waals surface area contributed by atoms with Gasteiger partial charge in [0, 0.05) is 28.2 Å². The number of para-hydroxylation sites is 2. The van der Waals surface area contributed by atoms with Crippen molar-refractivity contribution < 1.29 is 14.5 Å². The first-order valence-corrected chi connectivity index (χ1v) is 11.7. The Labute approximate surface area is 213 Å². The highest BCUT2D eigenvalue weighted by Crippen LogP contribution is 2.30. The molecule has 1 aromatic heterocycles. The Kier molecular flexibility index (Phi) is 7.50. The highest BCUT2D eigenvalue weighted by atomic mass is 79.9. The number of fused-ring (bicyclic) bond motifs is 1. The molecule has 10 nitrogen and oxygen atoms in total. The zero-order valence-corrected chi connectivity index (χ0v) is 20.6. The lowest BCUT2D eigenvalue weighted by atomic mass is 10.2. The van der Waals surface area contributed by atoms with Gasteiger partial charge in [0.05, 0.1) is 22.0 Å². The third-order valence-corrected chi connectivity index (χ3v) is 5.62. The van der Waals surface area contributed by atoms with Crippen LogP contribution < -0.4 is 15.6 Å². The molecule has 0 spiro atoms. The number of halogens is 1. The molecule has 36 heavy (non-hydrogen) atoms. The number of aromatic nitrogens is 2. The number of nitrogens with zero attached hydrogens (tertiary/aromatic N) is 4. The highest BCUT2D eigenvalue weighted by Gasteiger charge is 2.20. The molecular formula is C25H20BrN5O5. The molecular weight excluding hydrogens is 530 g/mol. The monoisotopic (exact) mass is 549 g/mol. The molecule has 3 aromatic carbocycles. The van der Waals surface area contributed by atoms with Crippen molar-refractivity contribution in [2.24, 2.45) is 5.10 Å². The SMILES string of the molecule is CCc1nc2ccc(Br)cc2c(=O)n1N=Cc1cccc([N+](=O)[O-])c1OCC(=O)Nc1ccccc1. The van der Waals surface area contributed by atoms with E-state index in [1.54, 1.807) is 48.5 Å². The standard InChI is InChI=1S/C25H20BrN5O5/c1-2-22-29-20-12-11-17(26)13-19(20)25(33)30(22)27-14-16-7-6-10-21(31(34)35)24(16)36-15-23(32)28-18-8-4-3-5-9-18/h3-14H,2,15H2,1H3,(H,28,32). The van der Waals surface area contributed by atoms with Gasteiger partial charge in [0.25, 0.3) is 11.5 Å². The summed E-state index contributed by atoms with van der Waals surface area (Å²) in [6, 6.07) is 18.2. The van der Waals surface area contributed by atoms with Gasteiger partial charge in [0.2, 0.25) is 5.75 Å². The summed E-state index contributed by atoms with van der Waals surface area (Å²) in [6.45, 7) is 1.37. The summed E-state index contributed by atoms with van der Waals surface area (Å²) < 4.78 is 7.44. The average Bonchev–Trinajstić information content (AvgIpc) is 2.87. The number of nitro benzene ring substituents is 1. The second-order valence-electron chi connectivity index (χ2n) is 7.56. The van der Waals surface area contributed by atoms with Crippen LogP contribution in [-0.2, 0) is 11.2 Å². The van der Waals surface area contributed by atoms with E-state index in [1.165, 1.54) is 18.3 Å². The maximum absolute atomic E-state index is 13.1. The molecule has 0 bridgehead atoms. The van der Waals surface area contributed by atoms with E-state index in [1.807, 2.05) is 13.0 Å². The van der Waals surface area contributed by atoms with Crippen molar-refractivity contribution in [3.05, 3.63) is 103 Å². The van der Waals surface area contributed by atoms with Crippen molar-refractivity contribution in [1.82, 2.24) is 9.66 Å².